The molecule has 128 valence electrons. The van der Waals surface area contributed by atoms with Crippen LogP contribution in [0.5, 0.6) is 0 Å². The van der Waals surface area contributed by atoms with Crippen molar-refractivity contribution >= 4 is 33.6 Å². The number of halogens is 1. The summed E-state index contributed by atoms with van der Waals surface area (Å²) in [5.41, 5.74) is 0.579. The molecule has 0 aliphatic carbocycles. The minimum absolute atomic E-state index is 0.258. The van der Waals surface area contributed by atoms with E-state index in [1.165, 1.54) is 0 Å². The lowest BCUT2D eigenvalue weighted by Gasteiger charge is -2.52. The van der Waals surface area contributed by atoms with Gasteiger partial charge in [0.1, 0.15) is 0 Å². The van der Waals surface area contributed by atoms with Crippen LogP contribution in [0.15, 0.2) is 22.7 Å². The number of cyclic esters (lactones) is 2. The summed E-state index contributed by atoms with van der Waals surface area (Å²) in [6, 6.07) is 5.44. The molecular weight excluding hydrogens is 378 g/mol. The largest absolute Gasteiger partial charge is 0.422 e. The van der Waals surface area contributed by atoms with Crippen molar-refractivity contribution in [1.82, 2.24) is 0 Å². The van der Waals surface area contributed by atoms with Crippen molar-refractivity contribution < 1.29 is 23.8 Å². The average Bonchev–Trinajstić information content (AvgIpc) is 2.52. The minimum atomic E-state index is -1.38. The van der Waals surface area contributed by atoms with Gasteiger partial charge < -0.3 is 19.1 Å². The lowest BCUT2D eigenvalue weighted by Crippen LogP contribution is -2.68. The lowest BCUT2D eigenvalue weighted by atomic mass is 9.70. The van der Waals surface area contributed by atoms with Crippen LogP contribution in [0.4, 0.5) is 5.69 Å². The monoisotopic (exact) mass is 395 g/mol. The maximum Gasteiger partial charge on any atom is 0.329 e. The van der Waals surface area contributed by atoms with E-state index in [-0.39, 0.29) is 13.0 Å². The zero-order chi connectivity index (χ0) is 17.1. The van der Waals surface area contributed by atoms with Crippen molar-refractivity contribution in [2.24, 2.45) is 5.41 Å². The van der Waals surface area contributed by atoms with Crippen LogP contribution in [0.3, 0.4) is 0 Å². The molecule has 1 aromatic carbocycles. The summed E-state index contributed by atoms with van der Waals surface area (Å²) in [7, 11) is 0. The number of anilines is 1. The van der Waals surface area contributed by atoms with Gasteiger partial charge in [-0.1, -0.05) is 22.0 Å². The highest BCUT2D eigenvalue weighted by atomic mass is 79.9. The van der Waals surface area contributed by atoms with Crippen LogP contribution in [0.1, 0.15) is 19.4 Å². The van der Waals surface area contributed by atoms with Crippen LogP contribution in [-0.2, 0) is 30.2 Å². The highest BCUT2D eigenvalue weighted by molar-refractivity contribution is 9.10. The number of nitrogens with zero attached hydrogens (tertiary/aromatic N) is 1. The highest BCUT2D eigenvalue weighted by Crippen LogP contribution is 2.47. The van der Waals surface area contributed by atoms with Gasteiger partial charge in [-0.25, -0.2) is 0 Å². The molecule has 6 nitrogen and oxygen atoms in total. The summed E-state index contributed by atoms with van der Waals surface area (Å²) in [5, 5.41) is 0. The first-order valence-corrected chi connectivity index (χ1v) is 8.72. The molecule has 7 heteroatoms. The molecule has 24 heavy (non-hydrogen) atoms. The maximum atomic E-state index is 12.9. The first-order chi connectivity index (χ1) is 11.3. The highest BCUT2D eigenvalue weighted by Gasteiger charge is 2.64. The standard InChI is InChI=1S/C17H18BrNO5/c1-16(2)23-14(20)17(15(21)24-16)8-10-3-4-11(18)7-12(10)19-5-6-22-9-13(17)19/h3-4,7,13H,5-6,8-9H2,1-2H3/t13-/m0/s1. The number of esters is 2. The molecule has 0 N–H and O–H groups in total. The van der Waals surface area contributed by atoms with E-state index in [1.807, 2.05) is 18.2 Å². The Bertz CT molecular complexity index is 712. The number of hydrogen-bond acceptors (Lipinski definition) is 6. The first-order valence-electron chi connectivity index (χ1n) is 7.93. The van der Waals surface area contributed by atoms with Gasteiger partial charge in [-0.05, 0) is 17.7 Å². The number of carbonyl (C=O) groups is 2. The molecule has 0 unspecified atom stereocenters. The van der Waals surface area contributed by atoms with Crippen LogP contribution < -0.4 is 4.90 Å². The van der Waals surface area contributed by atoms with Gasteiger partial charge in [-0.15, -0.1) is 0 Å². The van der Waals surface area contributed by atoms with Crippen LogP contribution >= 0.6 is 15.9 Å². The SMILES string of the molecule is CC1(C)OC(=O)C2(Cc3ccc(Br)cc3N3CCOC[C@H]32)C(=O)O1. The van der Waals surface area contributed by atoms with Gasteiger partial charge >= 0.3 is 11.9 Å². The molecular formula is C17H18BrNO5. The van der Waals surface area contributed by atoms with Gasteiger partial charge in [0.05, 0.1) is 19.3 Å². The molecule has 0 saturated carbocycles. The number of morpholine rings is 1. The third kappa shape index (κ3) is 2.18. The van der Waals surface area contributed by atoms with E-state index >= 15 is 0 Å². The molecule has 1 aromatic rings. The van der Waals surface area contributed by atoms with Gasteiger partial charge in [0, 0.05) is 37.0 Å². The topological polar surface area (TPSA) is 65.1 Å². The van der Waals surface area contributed by atoms with Crippen molar-refractivity contribution in [3.8, 4) is 0 Å². The van der Waals surface area contributed by atoms with Gasteiger partial charge in [0.15, 0.2) is 5.41 Å². The quantitative estimate of drug-likeness (QED) is 0.494. The molecule has 3 aliphatic heterocycles. The second-order valence-electron chi connectivity index (χ2n) is 6.88. The van der Waals surface area contributed by atoms with E-state index in [4.69, 9.17) is 14.2 Å². The predicted octanol–water partition coefficient (Wildman–Crippen LogP) is 2.03. The minimum Gasteiger partial charge on any atom is -0.422 e. The normalized spacial score (nSPS) is 27.1. The summed E-state index contributed by atoms with van der Waals surface area (Å²) in [5.74, 6) is -2.30. The van der Waals surface area contributed by atoms with Crippen LogP contribution in [0.2, 0.25) is 0 Å². The number of rotatable bonds is 0. The van der Waals surface area contributed by atoms with E-state index in [0.717, 1.165) is 15.7 Å². The molecule has 3 aliphatic rings. The van der Waals surface area contributed by atoms with Crippen LogP contribution in [-0.4, -0.2) is 43.5 Å². The Kier molecular flexibility index (Phi) is 3.44. The van der Waals surface area contributed by atoms with Gasteiger partial charge in [-0.3, -0.25) is 9.59 Å². The summed E-state index contributed by atoms with van der Waals surface area (Å²) in [6.45, 7) is 4.59. The summed E-state index contributed by atoms with van der Waals surface area (Å²) in [4.78, 5) is 27.9. The second kappa shape index (κ2) is 5.20. The van der Waals surface area contributed by atoms with Crippen molar-refractivity contribution in [1.29, 1.82) is 0 Å². The number of hydrogen-bond donors (Lipinski definition) is 0. The lowest BCUT2D eigenvalue weighted by molar-refractivity contribution is -0.254. The van der Waals surface area contributed by atoms with Crippen molar-refractivity contribution in [2.45, 2.75) is 32.1 Å². The molecule has 4 rings (SSSR count). The molecule has 0 amide bonds. The van der Waals surface area contributed by atoms with Gasteiger partial charge in [0.2, 0.25) is 0 Å². The summed E-state index contributed by atoms with van der Waals surface area (Å²) < 4.78 is 17.5. The van der Waals surface area contributed by atoms with Crippen molar-refractivity contribution in [2.75, 3.05) is 24.7 Å². The van der Waals surface area contributed by atoms with Gasteiger partial charge in [0.25, 0.3) is 5.79 Å². The summed E-state index contributed by atoms with van der Waals surface area (Å²) in [6.07, 6.45) is 0.258. The number of ether oxygens (including phenoxy) is 3. The number of fused-ring (bicyclic) bond motifs is 4. The van der Waals surface area contributed by atoms with E-state index in [0.29, 0.717) is 13.2 Å². The van der Waals surface area contributed by atoms with E-state index < -0.39 is 29.2 Å². The number of benzene rings is 1. The molecule has 0 aromatic heterocycles. The second-order valence-corrected chi connectivity index (χ2v) is 7.80. The average molecular weight is 396 g/mol. The molecule has 1 spiro atoms. The van der Waals surface area contributed by atoms with Crippen LogP contribution in [0.25, 0.3) is 0 Å². The zero-order valence-electron chi connectivity index (χ0n) is 13.5. The Labute approximate surface area is 148 Å². The van der Waals surface area contributed by atoms with Gasteiger partial charge in [-0.2, -0.15) is 0 Å². The molecule has 3 heterocycles. The third-order valence-electron chi connectivity index (χ3n) is 4.93. The Balaban J connectivity index is 1.86. The molecule has 0 bridgehead atoms. The summed E-state index contributed by atoms with van der Waals surface area (Å²) >= 11 is 3.49. The third-order valence-corrected chi connectivity index (χ3v) is 5.42. The smallest absolute Gasteiger partial charge is 0.329 e. The Hall–Kier alpha value is -1.60. The predicted molar refractivity (Wildman–Crippen MR) is 88.5 cm³/mol. The Morgan fingerprint density at radius 3 is 2.62 bits per heavy atom. The molecule has 2 saturated heterocycles. The molecule has 2 fully saturated rings. The number of carbonyl (C=O) groups excluding carboxylic acids is 2. The van der Waals surface area contributed by atoms with E-state index in [9.17, 15) is 9.59 Å². The fourth-order valence-electron chi connectivity index (χ4n) is 3.82. The maximum absolute atomic E-state index is 12.9. The van der Waals surface area contributed by atoms with Crippen LogP contribution in [0, 0.1) is 5.41 Å². The first kappa shape index (κ1) is 15.9. The van der Waals surface area contributed by atoms with E-state index in [1.54, 1.807) is 13.8 Å². The zero-order valence-corrected chi connectivity index (χ0v) is 15.1. The fourth-order valence-corrected chi connectivity index (χ4v) is 4.17. The van der Waals surface area contributed by atoms with E-state index in [2.05, 4.69) is 20.8 Å². The van der Waals surface area contributed by atoms with Crippen molar-refractivity contribution in [3.63, 3.8) is 0 Å². The Morgan fingerprint density at radius 1 is 1.21 bits per heavy atom. The fraction of sp³-hybridized carbons (Fsp3) is 0.529. The molecule has 1 atom stereocenters. The Morgan fingerprint density at radius 2 is 1.92 bits per heavy atom. The van der Waals surface area contributed by atoms with Crippen molar-refractivity contribution in [3.05, 3.63) is 28.2 Å². The molecule has 0 radical (unpaired) electrons.